The van der Waals surface area contributed by atoms with Crippen molar-refractivity contribution in [3.05, 3.63) is 30.3 Å². The second-order valence-electron chi connectivity index (χ2n) is 8.72. The van der Waals surface area contributed by atoms with Gasteiger partial charge in [-0.25, -0.2) is 21.6 Å². The van der Waals surface area contributed by atoms with Crippen LogP contribution in [-0.4, -0.2) is 58.8 Å². The molecule has 32 heavy (non-hydrogen) atoms. The van der Waals surface area contributed by atoms with E-state index >= 15 is 0 Å². The van der Waals surface area contributed by atoms with Crippen LogP contribution in [0.3, 0.4) is 0 Å². The maximum Gasteiger partial charge on any atom is 0.242 e. The van der Waals surface area contributed by atoms with E-state index in [9.17, 15) is 26.4 Å². The van der Waals surface area contributed by atoms with Crippen molar-refractivity contribution in [1.29, 1.82) is 0 Å². The molecule has 11 heteroatoms. The molecular weight excluding hydrogens is 454 g/mol. The molecule has 1 heterocycles. The summed E-state index contributed by atoms with van der Waals surface area (Å²) >= 11 is 0. The molecule has 2 unspecified atom stereocenters. The minimum atomic E-state index is -3.54. The lowest BCUT2D eigenvalue weighted by Crippen LogP contribution is -2.50. The van der Waals surface area contributed by atoms with Gasteiger partial charge in [0.1, 0.15) is 6.04 Å². The van der Waals surface area contributed by atoms with E-state index in [0.29, 0.717) is 25.8 Å². The number of sulfonamides is 1. The van der Waals surface area contributed by atoms with Gasteiger partial charge in [0.05, 0.1) is 16.4 Å². The predicted octanol–water partition coefficient (Wildman–Crippen LogP) is 0.579. The molecule has 3 N–H and O–H groups in total. The van der Waals surface area contributed by atoms with Gasteiger partial charge in [-0.05, 0) is 57.1 Å². The summed E-state index contributed by atoms with van der Waals surface area (Å²) in [5.74, 6) is -0.637. The van der Waals surface area contributed by atoms with Gasteiger partial charge in [-0.15, -0.1) is 0 Å². The molecule has 2 atom stereocenters. The van der Waals surface area contributed by atoms with Gasteiger partial charge in [0.15, 0.2) is 9.84 Å². The average molecular weight is 486 g/mol. The number of sulfone groups is 1. The van der Waals surface area contributed by atoms with Crippen LogP contribution < -0.4 is 15.4 Å². The van der Waals surface area contributed by atoms with Crippen molar-refractivity contribution in [1.82, 2.24) is 15.4 Å². The SMILES string of the molecule is CC(NC(=O)C1CCC(CNS(=O)(=O)c2ccccc2)CC1)C(=O)NC1CCS(=O)(=O)C1. The van der Waals surface area contributed by atoms with Crippen LogP contribution in [0.1, 0.15) is 39.0 Å². The lowest BCUT2D eigenvalue weighted by molar-refractivity contribution is -0.131. The van der Waals surface area contributed by atoms with E-state index in [4.69, 9.17) is 0 Å². The zero-order chi connectivity index (χ0) is 23.4. The fraction of sp³-hybridized carbons (Fsp3) is 0.619. The van der Waals surface area contributed by atoms with Crippen molar-refractivity contribution < 1.29 is 26.4 Å². The molecule has 3 rings (SSSR count). The van der Waals surface area contributed by atoms with Crippen LogP contribution in [0, 0.1) is 11.8 Å². The summed E-state index contributed by atoms with van der Waals surface area (Å²) in [6, 6.07) is 7.06. The first-order chi connectivity index (χ1) is 15.1. The number of amides is 2. The summed E-state index contributed by atoms with van der Waals surface area (Å²) in [7, 11) is -6.63. The highest BCUT2D eigenvalue weighted by Gasteiger charge is 2.32. The van der Waals surface area contributed by atoms with Crippen LogP contribution in [-0.2, 0) is 29.4 Å². The Balaban J connectivity index is 1.40. The standard InChI is InChI=1S/C21H31N3O6S2/c1-15(20(25)24-18-11-12-31(27,28)14-18)23-21(26)17-9-7-16(8-10-17)13-22-32(29,30)19-5-3-2-4-6-19/h2-6,15-18,22H,7-14H2,1H3,(H,23,26)(H,24,25). The third-order valence-corrected chi connectivity index (χ3v) is 9.37. The molecule has 2 aliphatic rings. The number of carbonyl (C=O) groups is 2. The highest BCUT2D eigenvalue weighted by atomic mass is 32.2. The first kappa shape index (κ1) is 24.7. The second-order valence-corrected chi connectivity index (χ2v) is 12.7. The summed E-state index contributed by atoms with van der Waals surface area (Å²) in [4.78, 5) is 25.1. The summed E-state index contributed by atoms with van der Waals surface area (Å²) in [6.07, 6.45) is 3.08. The Morgan fingerprint density at radius 1 is 1.06 bits per heavy atom. The normalized spacial score (nSPS) is 26.2. The molecule has 1 aliphatic heterocycles. The third-order valence-electron chi connectivity index (χ3n) is 6.16. The zero-order valence-electron chi connectivity index (χ0n) is 18.1. The summed E-state index contributed by atoms with van der Waals surface area (Å²) in [6.45, 7) is 1.91. The maximum atomic E-state index is 12.6. The summed E-state index contributed by atoms with van der Waals surface area (Å²) < 4.78 is 50.4. The molecular formula is C21H31N3O6S2. The van der Waals surface area contributed by atoms with E-state index in [2.05, 4.69) is 15.4 Å². The van der Waals surface area contributed by atoms with E-state index in [1.54, 1.807) is 37.3 Å². The molecule has 0 aromatic heterocycles. The largest absolute Gasteiger partial charge is 0.351 e. The van der Waals surface area contributed by atoms with Crippen LogP contribution in [0.5, 0.6) is 0 Å². The van der Waals surface area contributed by atoms with Crippen LogP contribution in [0.25, 0.3) is 0 Å². The molecule has 1 aromatic carbocycles. The Labute approximate surface area is 189 Å². The van der Waals surface area contributed by atoms with Crippen molar-refractivity contribution in [3.63, 3.8) is 0 Å². The number of hydrogen-bond donors (Lipinski definition) is 3. The molecule has 1 saturated carbocycles. The van der Waals surface area contributed by atoms with Gasteiger partial charge in [-0.3, -0.25) is 9.59 Å². The predicted molar refractivity (Wildman–Crippen MR) is 120 cm³/mol. The zero-order valence-corrected chi connectivity index (χ0v) is 19.8. The number of benzene rings is 1. The maximum absolute atomic E-state index is 12.6. The lowest BCUT2D eigenvalue weighted by Gasteiger charge is -2.28. The smallest absolute Gasteiger partial charge is 0.242 e. The third kappa shape index (κ3) is 6.76. The number of carbonyl (C=O) groups excluding carboxylic acids is 2. The fourth-order valence-corrected chi connectivity index (χ4v) is 6.98. The van der Waals surface area contributed by atoms with Gasteiger partial charge < -0.3 is 10.6 Å². The number of nitrogens with one attached hydrogen (secondary N) is 3. The van der Waals surface area contributed by atoms with Crippen LogP contribution in [0.15, 0.2) is 35.2 Å². The lowest BCUT2D eigenvalue weighted by atomic mass is 9.81. The van der Waals surface area contributed by atoms with Crippen LogP contribution in [0.4, 0.5) is 0 Å². The van der Waals surface area contributed by atoms with E-state index in [0.717, 1.165) is 12.8 Å². The van der Waals surface area contributed by atoms with Crippen LogP contribution in [0.2, 0.25) is 0 Å². The van der Waals surface area contributed by atoms with Crippen molar-refractivity contribution in [2.45, 2.75) is 56.0 Å². The van der Waals surface area contributed by atoms with Crippen molar-refractivity contribution >= 4 is 31.7 Å². The molecule has 2 amide bonds. The monoisotopic (exact) mass is 485 g/mol. The van der Waals surface area contributed by atoms with E-state index in [1.165, 1.54) is 0 Å². The van der Waals surface area contributed by atoms with Gasteiger partial charge in [-0.2, -0.15) is 0 Å². The Hall–Kier alpha value is -1.98. The molecule has 0 spiro atoms. The highest BCUT2D eigenvalue weighted by Crippen LogP contribution is 2.29. The average Bonchev–Trinajstić information content (AvgIpc) is 3.11. The van der Waals surface area contributed by atoms with Gasteiger partial charge in [0.2, 0.25) is 21.8 Å². The molecule has 0 bridgehead atoms. The first-order valence-electron chi connectivity index (χ1n) is 10.9. The van der Waals surface area contributed by atoms with E-state index in [1.807, 2.05) is 0 Å². The number of hydrogen-bond acceptors (Lipinski definition) is 6. The molecule has 1 saturated heterocycles. The minimum Gasteiger partial charge on any atom is -0.351 e. The molecule has 1 aliphatic carbocycles. The number of rotatable bonds is 8. The Morgan fingerprint density at radius 2 is 1.72 bits per heavy atom. The Kier molecular flexibility index (Phi) is 7.94. The van der Waals surface area contributed by atoms with Crippen molar-refractivity contribution in [2.24, 2.45) is 11.8 Å². The Bertz CT molecular complexity index is 1020. The van der Waals surface area contributed by atoms with E-state index < -0.39 is 31.9 Å². The van der Waals surface area contributed by atoms with Gasteiger partial charge >= 0.3 is 0 Å². The van der Waals surface area contributed by atoms with Crippen LogP contribution >= 0.6 is 0 Å². The van der Waals surface area contributed by atoms with Gasteiger partial charge in [0.25, 0.3) is 0 Å². The van der Waals surface area contributed by atoms with Crippen molar-refractivity contribution in [3.8, 4) is 0 Å². The first-order valence-corrected chi connectivity index (χ1v) is 14.2. The highest BCUT2D eigenvalue weighted by molar-refractivity contribution is 7.91. The molecule has 2 fully saturated rings. The second kappa shape index (κ2) is 10.3. The van der Waals surface area contributed by atoms with Gasteiger partial charge in [-0.1, -0.05) is 18.2 Å². The molecule has 9 nitrogen and oxygen atoms in total. The summed E-state index contributed by atoms with van der Waals surface area (Å²) in [5, 5.41) is 5.42. The molecule has 1 aromatic rings. The quantitative estimate of drug-likeness (QED) is 0.492. The van der Waals surface area contributed by atoms with Gasteiger partial charge in [0, 0.05) is 18.5 Å². The van der Waals surface area contributed by atoms with E-state index in [-0.39, 0.29) is 40.1 Å². The molecule has 178 valence electrons. The minimum absolute atomic E-state index is 0.0581. The Morgan fingerprint density at radius 3 is 2.31 bits per heavy atom. The topological polar surface area (TPSA) is 139 Å². The fourth-order valence-electron chi connectivity index (χ4n) is 4.17. The summed E-state index contributed by atoms with van der Waals surface area (Å²) in [5.41, 5.74) is 0. The molecule has 0 radical (unpaired) electrons. The van der Waals surface area contributed by atoms with Crippen molar-refractivity contribution in [2.75, 3.05) is 18.1 Å².